The molecule has 1 aliphatic rings. The number of thioether (sulfide) groups is 1. The van der Waals surface area contributed by atoms with Gasteiger partial charge in [-0.1, -0.05) is 43.4 Å². The van der Waals surface area contributed by atoms with Crippen molar-refractivity contribution in [2.24, 2.45) is 11.8 Å². The largest absolute Gasteiger partial charge is 0.481 e. The van der Waals surface area contributed by atoms with Crippen LogP contribution in [0, 0.1) is 11.8 Å². The number of allylic oxidation sites excluding steroid dienone is 4. The summed E-state index contributed by atoms with van der Waals surface area (Å²) in [5, 5.41) is 28.4. The first kappa shape index (κ1) is 25.7. The number of aliphatic hydroxyl groups is 2. The number of carboxylic acid groups (broad SMARTS) is 1. The van der Waals surface area contributed by atoms with Crippen LogP contribution in [-0.2, 0) is 9.59 Å². The maximum absolute atomic E-state index is 12.6. The number of carbonyl (C=O) groups is 2. The van der Waals surface area contributed by atoms with Crippen molar-refractivity contribution in [2.45, 2.75) is 69.6 Å². The van der Waals surface area contributed by atoms with E-state index >= 15 is 0 Å². The molecule has 29 heavy (non-hydrogen) atoms. The molecule has 0 aliphatic heterocycles. The number of rotatable bonds is 14. The quantitative estimate of drug-likeness (QED) is 0.286. The fourth-order valence-electron chi connectivity index (χ4n) is 3.52. The zero-order valence-corrected chi connectivity index (χ0v) is 18.4. The Bertz CT molecular complexity index is 594. The van der Waals surface area contributed by atoms with Crippen molar-refractivity contribution >= 4 is 23.5 Å². The second-order valence-corrected chi connectivity index (χ2v) is 9.13. The van der Waals surface area contributed by atoms with Gasteiger partial charge in [0.2, 0.25) is 0 Å². The van der Waals surface area contributed by atoms with Crippen LogP contribution in [-0.4, -0.2) is 50.3 Å². The smallest absolute Gasteiger partial charge is 0.303 e. The van der Waals surface area contributed by atoms with Crippen LogP contribution in [0.5, 0.6) is 0 Å². The molecule has 1 fully saturated rings. The SMILES string of the molecule is CC/C=C/C(C)(O)C/C=C/[C@H]1[C@H](SCCO)CC(=O)[C@@H]1C/C=C\CCCC(=O)O. The third-order valence-corrected chi connectivity index (χ3v) is 6.38. The number of aliphatic hydroxyl groups excluding tert-OH is 1. The van der Waals surface area contributed by atoms with E-state index in [0.717, 1.165) is 6.42 Å². The van der Waals surface area contributed by atoms with Gasteiger partial charge in [0.05, 0.1) is 12.2 Å². The van der Waals surface area contributed by atoms with E-state index in [4.69, 9.17) is 10.2 Å². The number of Topliss-reactive ketones (excluding diaryl/α,β-unsaturated/α-hetero) is 1. The molecule has 0 spiro atoms. The van der Waals surface area contributed by atoms with Crippen LogP contribution in [0.25, 0.3) is 0 Å². The van der Waals surface area contributed by atoms with Crippen molar-refractivity contribution in [3.63, 3.8) is 0 Å². The van der Waals surface area contributed by atoms with Crippen LogP contribution >= 0.6 is 11.8 Å². The first-order valence-corrected chi connectivity index (χ1v) is 11.5. The fraction of sp³-hybridized carbons (Fsp3) is 0.652. The van der Waals surface area contributed by atoms with Crippen LogP contribution in [0.3, 0.4) is 0 Å². The molecule has 0 radical (unpaired) electrons. The molecular formula is C23H36O5S. The lowest BCUT2D eigenvalue weighted by Crippen LogP contribution is -2.20. The van der Waals surface area contributed by atoms with Gasteiger partial charge in [0.1, 0.15) is 5.78 Å². The first-order valence-electron chi connectivity index (χ1n) is 10.5. The lowest BCUT2D eigenvalue weighted by Gasteiger charge is -2.21. The average molecular weight is 425 g/mol. The number of hydrogen-bond donors (Lipinski definition) is 3. The van der Waals surface area contributed by atoms with E-state index in [1.54, 1.807) is 18.7 Å². The number of unbranched alkanes of at least 4 members (excludes halogenated alkanes) is 1. The van der Waals surface area contributed by atoms with Crippen molar-refractivity contribution in [3.8, 4) is 0 Å². The zero-order chi connectivity index (χ0) is 21.7. The molecule has 5 nitrogen and oxygen atoms in total. The maximum Gasteiger partial charge on any atom is 0.303 e. The number of carboxylic acids is 1. The molecule has 0 heterocycles. The highest BCUT2D eigenvalue weighted by Crippen LogP contribution is 2.40. The molecule has 1 rings (SSSR count). The standard InChI is InChI=1S/C23H36O5S/c1-3-4-13-23(2,28)14-9-11-19-18(10-7-5-6-8-12-22(26)27)20(25)17-21(19)29-16-15-24/h4-5,7,9,11,13,18-19,21,24,28H,3,6,8,10,12,14-17H2,1-2H3,(H,26,27)/b7-5-,11-9+,13-4+/t18-,19-,21-,23?/m1/s1. The Hall–Kier alpha value is -1.37. The molecule has 1 unspecified atom stereocenters. The maximum atomic E-state index is 12.6. The number of carbonyl (C=O) groups excluding carboxylic acids is 1. The molecule has 164 valence electrons. The third kappa shape index (κ3) is 10.3. The molecule has 4 atom stereocenters. The summed E-state index contributed by atoms with van der Waals surface area (Å²) in [6, 6.07) is 0. The van der Waals surface area contributed by atoms with Crippen LogP contribution in [0.15, 0.2) is 36.5 Å². The summed E-state index contributed by atoms with van der Waals surface area (Å²) in [5.74, 6) is 0.0330. The Morgan fingerprint density at radius 1 is 1.28 bits per heavy atom. The van der Waals surface area contributed by atoms with E-state index in [-0.39, 0.29) is 35.9 Å². The van der Waals surface area contributed by atoms with E-state index in [2.05, 4.69) is 6.08 Å². The van der Waals surface area contributed by atoms with Crippen LogP contribution < -0.4 is 0 Å². The highest BCUT2D eigenvalue weighted by molar-refractivity contribution is 8.00. The van der Waals surface area contributed by atoms with Gasteiger partial charge in [0.15, 0.2) is 0 Å². The lowest BCUT2D eigenvalue weighted by molar-refractivity contribution is -0.137. The molecule has 0 aromatic carbocycles. The predicted molar refractivity (Wildman–Crippen MR) is 119 cm³/mol. The van der Waals surface area contributed by atoms with Gasteiger partial charge >= 0.3 is 5.97 Å². The summed E-state index contributed by atoms with van der Waals surface area (Å²) in [4.78, 5) is 23.1. The molecule has 1 saturated carbocycles. The van der Waals surface area contributed by atoms with E-state index in [1.165, 1.54) is 0 Å². The minimum atomic E-state index is -0.900. The van der Waals surface area contributed by atoms with Crippen molar-refractivity contribution < 1.29 is 24.9 Å². The summed E-state index contributed by atoms with van der Waals surface area (Å²) < 4.78 is 0. The Labute approximate surface area is 179 Å². The minimum absolute atomic E-state index is 0.0775. The Morgan fingerprint density at radius 2 is 2.03 bits per heavy atom. The van der Waals surface area contributed by atoms with Gasteiger partial charge in [-0.05, 0) is 44.9 Å². The molecule has 6 heteroatoms. The van der Waals surface area contributed by atoms with Gasteiger partial charge in [0.25, 0.3) is 0 Å². The van der Waals surface area contributed by atoms with Gasteiger partial charge in [-0.15, -0.1) is 0 Å². The van der Waals surface area contributed by atoms with Crippen molar-refractivity contribution in [1.29, 1.82) is 0 Å². The highest BCUT2D eigenvalue weighted by Gasteiger charge is 2.40. The molecule has 0 saturated heterocycles. The van der Waals surface area contributed by atoms with Crippen molar-refractivity contribution in [2.75, 3.05) is 12.4 Å². The molecule has 0 aromatic heterocycles. The van der Waals surface area contributed by atoms with Crippen LogP contribution in [0.1, 0.15) is 58.8 Å². The van der Waals surface area contributed by atoms with Crippen LogP contribution in [0.2, 0.25) is 0 Å². The Balaban J connectivity index is 2.74. The molecule has 0 amide bonds. The van der Waals surface area contributed by atoms with E-state index < -0.39 is 11.6 Å². The molecular weight excluding hydrogens is 388 g/mol. The van der Waals surface area contributed by atoms with Gasteiger partial charge in [-0.2, -0.15) is 11.8 Å². The normalized spacial score (nSPS) is 24.8. The third-order valence-electron chi connectivity index (χ3n) is 5.05. The summed E-state index contributed by atoms with van der Waals surface area (Å²) >= 11 is 1.63. The summed E-state index contributed by atoms with van der Waals surface area (Å²) in [7, 11) is 0. The molecule has 0 aromatic rings. The molecule has 1 aliphatic carbocycles. The Morgan fingerprint density at radius 3 is 2.69 bits per heavy atom. The van der Waals surface area contributed by atoms with Gasteiger partial charge in [-0.3, -0.25) is 9.59 Å². The Kier molecular flexibility index (Phi) is 12.2. The minimum Gasteiger partial charge on any atom is -0.481 e. The molecule has 3 N–H and O–H groups in total. The highest BCUT2D eigenvalue weighted by atomic mass is 32.2. The van der Waals surface area contributed by atoms with Gasteiger partial charge < -0.3 is 15.3 Å². The average Bonchev–Trinajstić information content (AvgIpc) is 2.95. The van der Waals surface area contributed by atoms with Crippen LogP contribution in [0.4, 0.5) is 0 Å². The van der Waals surface area contributed by atoms with Crippen molar-refractivity contribution in [3.05, 3.63) is 36.5 Å². The number of ketones is 1. The summed E-state index contributed by atoms with van der Waals surface area (Å²) in [6.07, 6.45) is 15.7. The van der Waals surface area contributed by atoms with Crippen molar-refractivity contribution in [1.82, 2.24) is 0 Å². The predicted octanol–water partition coefficient (Wildman–Crippen LogP) is 4.15. The van der Waals surface area contributed by atoms with E-state index in [9.17, 15) is 14.7 Å². The molecule has 0 bridgehead atoms. The second-order valence-electron chi connectivity index (χ2n) is 7.78. The van der Waals surface area contributed by atoms with Gasteiger partial charge in [-0.25, -0.2) is 0 Å². The number of aliphatic carboxylic acids is 1. The fourth-order valence-corrected chi connectivity index (χ4v) is 4.71. The van der Waals surface area contributed by atoms with E-state index in [0.29, 0.717) is 37.9 Å². The second kappa shape index (κ2) is 13.8. The summed E-state index contributed by atoms with van der Waals surface area (Å²) in [6.45, 7) is 3.89. The van der Waals surface area contributed by atoms with E-state index in [1.807, 2.05) is 37.3 Å². The first-order chi connectivity index (χ1) is 13.8. The topological polar surface area (TPSA) is 94.8 Å². The zero-order valence-electron chi connectivity index (χ0n) is 17.6. The lowest BCUT2D eigenvalue weighted by atomic mass is 9.90. The van der Waals surface area contributed by atoms with Gasteiger partial charge in [0, 0.05) is 29.8 Å². The monoisotopic (exact) mass is 424 g/mol. The summed E-state index contributed by atoms with van der Waals surface area (Å²) in [5.41, 5.74) is -0.900. The number of hydrogen-bond acceptors (Lipinski definition) is 5.